The number of hydrogen-bond donors (Lipinski definition) is 0. The number of para-hydroxylation sites is 2. The summed E-state index contributed by atoms with van der Waals surface area (Å²) in [5.41, 5.74) is 16.4. The van der Waals surface area contributed by atoms with Crippen molar-refractivity contribution in [3.8, 4) is 44.5 Å². The smallest absolute Gasteiger partial charge is 0.0468 e. The van der Waals surface area contributed by atoms with E-state index >= 15 is 0 Å². The highest BCUT2D eigenvalue weighted by atomic mass is 15.1. The lowest BCUT2D eigenvalue weighted by atomic mass is 9.81. The minimum Gasteiger partial charge on any atom is -0.310 e. The number of nitrogens with zero attached hydrogens (tertiary/aromatic N) is 2. The largest absolute Gasteiger partial charge is 0.310 e. The lowest BCUT2D eigenvalue weighted by molar-refractivity contribution is 1.29. The Morgan fingerprint density at radius 3 is 0.807 bits per heavy atom. The molecule has 0 atom stereocenters. The van der Waals surface area contributed by atoms with Crippen LogP contribution in [0.4, 0.5) is 34.1 Å². The summed E-state index contributed by atoms with van der Waals surface area (Å²) in [5.74, 6) is 0. The Hall–Kier alpha value is -11.6. The molecule has 0 fully saturated rings. The SMILES string of the molecule is c1ccc(N(c2ccc(-c3ccc4cc(-c5c6ccccc6c(-c6ccc7cc(-c8ccc(N(c9ccccc9)c9ccc%10ccccc%10c9)cc8)ccc7c6)c6c7ccccc7c7ccccc7c56)ccc4c3)cc2)c2ccc3ccccc3c2)cc1. The van der Waals surface area contributed by atoms with Crippen molar-refractivity contribution in [3.05, 3.63) is 340 Å². The maximum Gasteiger partial charge on any atom is 0.0468 e. The average Bonchev–Trinajstić information content (AvgIpc) is 1.02. The van der Waals surface area contributed by atoms with Crippen molar-refractivity contribution in [2.45, 2.75) is 0 Å². The van der Waals surface area contributed by atoms with Crippen LogP contribution in [0.3, 0.4) is 0 Å². The summed E-state index contributed by atoms with van der Waals surface area (Å²) in [4.78, 5) is 4.69. The topological polar surface area (TPSA) is 6.48 Å². The van der Waals surface area contributed by atoms with Crippen LogP contribution < -0.4 is 9.80 Å². The van der Waals surface area contributed by atoms with Crippen molar-refractivity contribution in [1.29, 1.82) is 0 Å². The van der Waals surface area contributed by atoms with Crippen LogP contribution in [0.25, 0.3) is 131 Å². The Labute approximate surface area is 511 Å². The fourth-order valence-corrected chi connectivity index (χ4v) is 13.9. The van der Waals surface area contributed by atoms with Crippen LogP contribution >= 0.6 is 0 Å². The van der Waals surface area contributed by atoms with Crippen LogP contribution in [0.15, 0.2) is 340 Å². The van der Waals surface area contributed by atoms with Crippen LogP contribution in [0, 0.1) is 0 Å². The summed E-state index contributed by atoms with van der Waals surface area (Å²) in [5, 5.41) is 19.8. The standard InChI is InChI=1S/C86H56N2/c1-3-21-71(22-4-1)87(75-49-43-57-17-7-9-19-61(57)55-75)73-45-39-59(40-46-73)63-31-33-67-53-69(37-35-65(67)51-63)83-81-29-15-16-30-82(81)84(86-80-28-14-12-26-78(80)77-25-11-13-27-79(77)85(83)86)70-38-36-66-52-64(32-34-68(66)54-70)60-41-47-74(48-42-60)88(72-23-5-2-6-24-72)76-50-44-58-18-8-10-20-62(58)56-76/h1-56H. The van der Waals surface area contributed by atoms with Gasteiger partial charge in [-0.1, -0.05) is 243 Å². The van der Waals surface area contributed by atoms with Crippen molar-refractivity contribution in [3.63, 3.8) is 0 Å². The highest BCUT2D eigenvalue weighted by Gasteiger charge is 2.23. The van der Waals surface area contributed by atoms with Crippen LogP contribution in [0.1, 0.15) is 0 Å². The average molecular weight is 1120 g/mol. The van der Waals surface area contributed by atoms with Crippen LogP contribution in [-0.4, -0.2) is 0 Å². The summed E-state index contributed by atoms with van der Waals surface area (Å²) in [6, 6.07) is 125. The predicted octanol–water partition coefficient (Wildman–Crippen LogP) is 24.5. The third-order valence-electron chi connectivity index (χ3n) is 18.1. The van der Waals surface area contributed by atoms with Gasteiger partial charge in [0, 0.05) is 34.1 Å². The number of benzene rings is 17. The second-order valence-corrected chi connectivity index (χ2v) is 23.2. The van der Waals surface area contributed by atoms with Crippen molar-refractivity contribution < 1.29 is 0 Å². The quantitative estimate of drug-likeness (QED) is 0.0995. The Kier molecular flexibility index (Phi) is 12.3. The van der Waals surface area contributed by atoms with E-state index in [2.05, 4.69) is 350 Å². The molecule has 17 rings (SSSR count). The Bertz CT molecular complexity index is 5210. The molecule has 0 heterocycles. The highest BCUT2D eigenvalue weighted by molar-refractivity contribution is 6.37. The molecular weight excluding hydrogens is 1060 g/mol. The van der Waals surface area contributed by atoms with Crippen molar-refractivity contribution in [1.82, 2.24) is 0 Å². The number of rotatable bonds is 10. The summed E-state index contributed by atoms with van der Waals surface area (Å²) < 4.78 is 0. The van der Waals surface area contributed by atoms with Gasteiger partial charge in [-0.3, -0.25) is 0 Å². The van der Waals surface area contributed by atoms with Gasteiger partial charge >= 0.3 is 0 Å². The molecule has 0 aliphatic carbocycles. The van der Waals surface area contributed by atoms with E-state index in [0.29, 0.717) is 0 Å². The van der Waals surface area contributed by atoms with E-state index in [0.717, 1.165) is 34.1 Å². The molecule has 0 bridgehead atoms. The van der Waals surface area contributed by atoms with Gasteiger partial charge < -0.3 is 9.80 Å². The van der Waals surface area contributed by atoms with E-state index in [-0.39, 0.29) is 0 Å². The maximum absolute atomic E-state index is 2.42. The van der Waals surface area contributed by atoms with Gasteiger partial charge in [-0.05, 0) is 228 Å². The number of hydrogen-bond acceptors (Lipinski definition) is 2. The normalized spacial score (nSPS) is 11.6. The first-order chi connectivity index (χ1) is 43.6. The molecule has 88 heavy (non-hydrogen) atoms. The predicted molar refractivity (Wildman–Crippen MR) is 378 cm³/mol. The fourth-order valence-electron chi connectivity index (χ4n) is 13.9. The molecule has 410 valence electrons. The minimum absolute atomic E-state index is 1.11. The molecule has 0 aromatic heterocycles. The molecule has 0 N–H and O–H groups in total. The highest BCUT2D eigenvalue weighted by Crippen LogP contribution is 2.51. The van der Waals surface area contributed by atoms with Gasteiger partial charge in [0.05, 0.1) is 0 Å². The lowest BCUT2D eigenvalue weighted by Crippen LogP contribution is -2.09. The summed E-state index contributed by atoms with van der Waals surface area (Å²) >= 11 is 0. The maximum atomic E-state index is 2.42. The Balaban J connectivity index is 0.747. The van der Waals surface area contributed by atoms with E-state index < -0.39 is 0 Å². The van der Waals surface area contributed by atoms with Gasteiger partial charge in [-0.25, -0.2) is 0 Å². The molecule has 0 amide bonds. The van der Waals surface area contributed by atoms with Crippen molar-refractivity contribution in [2.24, 2.45) is 0 Å². The van der Waals surface area contributed by atoms with E-state index in [4.69, 9.17) is 0 Å². The number of anilines is 6. The third kappa shape index (κ3) is 8.81. The van der Waals surface area contributed by atoms with E-state index in [1.54, 1.807) is 0 Å². The molecule has 2 nitrogen and oxygen atoms in total. The van der Waals surface area contributed by atoms with Gasteiger partial charge in [0.2, 0.25) is 0 Å². The van der Waals surface area contributed by atoms with E-state index in [1.807, 2.05) is 0 Å². The molecule has 0 aliphatic rings. The second-order valence-electron chi connectivity index (χ2n) is 23.2. The second kappa shape index (κ2) is 21.2. The monoisotopic (exact) mass is 1120 g/mol. The molecule has 0 saturated carbocycles. The van der Waals surface area contributed by atoms with E-state index in [9.17, 15) is 0 Å². The summed E-state index contributed by atoms with van der Waals surface area (Å²) in [7, 11) is 0. The molecule has 2 heteroatoms. The number of fused-ring (bicyclic) bond motifs is 11. The molecule has 0 aliphatic heterocycles. The molecule has 0 radical (unpaired) electrons. The van der Waals surface area contributed by atoms with Crippen LogP contribution in [0.5, 0.6) is 0 Å². The summed E-state index contributed by atoms with van der Waals surface area (Å²) in [6.07, 6.45) is 0. The zero-order valence-corrected chi connectivity index (χ0v) is 48.2. The van der Waals surface area contributed by atoms with Crippen molar-refractivity contribution in [2.75, 3.05) is 9.80 Å². The van der Waals surface area contributed by atoms with Gasteiger partial charge in [0.15, 0.2) is 0 Å². The van der Waals surface area contributed by atoms with Gasteiger partial charge in [-0.15, -0.1) is 0 Å². The molecule has 17 aromatic carbocycles. The third-order valence-corrected chi connectivity index (χ3v) is 18.1. The van der Waals surface area contributed by atoms with E-state index in [1.165, 1.54) is 131 Å². The first-order valence-electron chi connectivity index (χ1n) is 30.4. The zero-order valence-electron chi connectivity index (χ0n) is 48.2. The first kappa shape index (κ1) is 50.9. The molecule has 0 saturated heterocycles. The van der Waals surface area contributed by atoms with Crippen LogP contribution in [-0.2, 0) is 0 Å². The molecule has 0 spiro atoms. The molecular formula is C86H56N2. The Morgan fingerprint density at radius 1 is 0.148 bits per heavy atom. The van der Waals surface area contributed by atoms with Gasteiger partial charge in [0.1, 0.15) is 0 Å². The van der Waals surface area contributed by atoms with Crippen LogP contribution in [0.2, 0.25) is 0 Å². The lowest BCUT2D eigenvalue weighted by Gasteiger charge is -2.26. The zero-order chi connectivity index (χ0) is 58.1. The summed E-state index contributed by atoms with van der Waals surface area (Å²) in [6.45, 7) is 0. The fraction of sp³-hybridized carbons (Fsp3) is 0. The van der Waals surface area contributed by atoms with Gasteiger partial charge in [0.25, 0.3) is 0 Å². The van der Waals surface area contributed by atoms with Crippen molar-refractivity contribution >= 4 is 120 Å². The Morgan fingerprint density at radius 2 is 0.409 bits per heavy atom. The molecule has 17 aromatic rings. The first-order valence-corrected chi connectivity index (χ1v) is 30.4. The minimum atomic E-state index is 1.11. The molecule has 0 unspecified atom stereocenters. The van der Waals surface area contributed by atoms with Gasteiger partial charge in [-0.2, -0.15) is 0 Å².